The van der Waals surface area contributed by atoms with E-state index in [0.717, 1.165) is 11.4 Å². The zero-order valence-corrected chi connectivity index (χ0v) is 8.34. The standard InChI is InChI=1S/C8H6IN3/c9-12-5-8(11-6-12)7-3-1-2-4-10-7/h1-6H. The monoisotopic (exact) mass is 271 g/mol. The molecule has 0 spiro atoms. The lowest BCUT2D eigenvalue weighted by molar-refractivity contribution is 1.26. The van der Waals surface area contributed by atoms with Crippen molar-refractivity contribution in [1.29, 1.82) is 0 Å². The molecule has 60 valence electrons. The number of nitrogens with zero attached hydrogens (tertiary/aromatic N) is 3. The zero-order valence-electron chi connectivity index (χ0n) is 6.18. The minimum Gasteiger partial charge on any atom is -0.278 e. The van der Waals surface area contributed by atoms with E-state index in [-0.39, 0.29) is 0 Å². The largest absolute Gasteiger partial charge is 0.278 e. The van der Waals surface area contributed by atoms with E-state index in [0.29, 0.717) is 0 Å². The van der Waals surface area contributed by atoms with Gasteiger partial charge in [-0.3, -0.25) is 7.76 Å². The van der Waals surface area contributed by atoms with Crippen molar-refractivity contribution >= 4 is 22.9 Å². The van der Waals surface area contributed by atoms with Crippen LogP contribution in [-0.4, -0.2) is 12.7 Å². The molecule has 2 aromatic heterocycles. The molecule has 0 fully saturated rings. The molecule has 0 aliphatic carbocycles. The molecule has 2 rings (SSSR count). The Morgan fingerprint density at radius 3 is 2.67 bits per heavy atom. The van der Waals surface area contributed by atoms with Gasteiger partial charge in [0.05, 0.1) is 28.6 Å². The summed E-state index contributed by atoms with van der Waals surface area (Å²) in [5, 5.41) is 0. The minimum atomic E-state index is 0.907. The van der Waals surface area contributed by atoms with Gasteiger partial charge in [0, 0.05) is 12.4 Å². The Kier molecular flexibility index (Phi) is 2.07. The van der Waals surface area contributed by atoms with Gasteiger partial charge in [-0.15, -0.1) is 0 Å². The number of pyridine rings is 1. The second kappa shape index (κ2) is 3.22. The molecule has 0 aliphatic heterocycles. The normalized spacial score (nSPS) is 10.1. The van der Waals surface area contributed by atoms with Crippen molar-refractivity contribution in [2.45, 2.75) is 0 Å². The van der Waals surface area contributed by atoms with Gasteiger partial charge in [-0.05, 0) is 12.1 Å². The molecular weight excluding hydrogens is 265 g/mol. The van der Waals surface area contributed by atoms with E-state index < -0.39 is 0 Å². The predicted molar refractivity (Wildman–Crippen MR) is 54.9 cm³/mol. The Morgan fingerprint density at radius 1 is 1.17 bits per heavy atom. The van der Waals surface area contributed by atoms with E-state index in [1.807, 2.05) is 27.2 Å². The lowest BCUT2D eigenvalue weighted by Gasteiger charge is -1.91. The summed E-state index contributed by atoms with van der Waals surface area (Å²) in [5.41, 5.74) is 1.82. The maximum Gasteiger partial charge on any atom is 0.107 e. The first kappa shape index (κ1) is 7.72. The average molecular weight is 271 g/mol. The molecule has 0 unspecified atom stereocenters. The molecule has 0 bridgehead atoms. The third-order valence-corrected chi connectivity index (χ3v) is 2.01. The van der Waals surface area contributed by atoms with E-state index in [4.69, 9.17) is 0 Å². The number of imidazole rings is 1. The smallest absolute Gasteiger partial charge is 0.107 e. The van der Waals surface area contributed by atoms with Crippen molar-refractivity contribution in [1.82, 2.24) is 12.7 Å². The third kappa shape index (κ3) is 1.47. The van der Waals surface area contributed by atoms with Crippen molar-refractivity contribution in [3.8, 4) is 11.4 Å². The van der Waals surface area contributed by atoms with Crippen LogP contribution in [0.25, 0.3) is 11.4 Å². The molecule has 0 amide bonds. The molecule has 2 aromatic rings. The lowest BCUT2D eigenvalue weighted by Crippen LogP contribution is -1.79. The first-order valence-electron chi connectivity index (χ1n) is 3.48. The van der Waals surface area contributed by atoms with E-state index in [1.165, 1.54) is 0 Å². The molecule has 4 heteroatoms. The highest BCUT2D eigenvalue weighted by Crippen LogP contribution is 2.13. The highest BCUT2D eigenvalue weighted by Gasteiger charge is 1.99. The highest BCUT2D eigenvalue weighted by atomic mass is 127. The van der Waals surface area contributed by atoms with Crippen molar-refractivity contribution < 1.29 is 0 Å². The molecule has 0 aromatic carbocycles. The average Bonchev–Trinajstić information content (AvgIpc) is 2.54. The minimum absolute atomic E-state index is 0.907. The maximum absolute atomic E-state index is 4.18. The van der Waals surface area contributed by atoms with Gasteiger partial charge in [-0.2, -0.15) is 0 Å². The molecule has 0 saturated heterocycles. The van der Waals surface area contributed by atoms with E-state index in [2.05, 4.69) is 32.8 Å². The van der Waals surface area contributed by atoms with Gasteiger partial charge in [-0.25, -0.2) is 4.98 Å². The topological polar surface area (TPSA) is 30.7 Å². The van der Waals surface area contributed by atoms with Crippen LogP contribution >= 0.6 is 22.9 Å². The van der Waals surface area contributed by atoms with Gasteiger partial charge in [0.2, 0.25) is 0 Å². The third-order valence-electron chi connectivity index (χ3n) is 1.48. The van der Waals surface area contributed by atoms with Crippen LogP contribution in [0.5, 0.6) is 0 Å². The van der Waals surface area contributed by atoms with E-state index in [9.17, 15) is 0 Å². The molecule has 0 saturated carbocycles. The van der Waals surface area contributed by atoms with Gasteiger partial charge in [-0.1, -0.05) is 6.07 Å². The van der Waals surface area contributed by atoms with Crippen molar-refractivity contribution in [3.63, 3.8) is 0 Å². The SMILES string of the molecule is In1cnc(-c2ccccn2)c1. The summed E-state index contributed by atoms with van der Waals surface area (Å²) in [6.07, 6.45) is 5.45. The van der Waals surface area contributed by atoms with Crippen LogP contribution in [-0.2, 0) is 0 Å². The zero-order chi connectivity index (χ0) is 8.39. The summed E-state index contributed by atoms with van der Waals surface area (Å²) in [6, 6.07) is 5.79. The molecule has 2 heterocycles. The summed E-state index contributed by atoms with van der Waals surface area (Å²) < 4.78 is 1.88. The molecular formula is C8H6IN3. The van der Waals surface area contributed by atoms with Crippen LogP contribution in [0.15, 0.2) is 36.9 Å². The Labute approximate surface area is 84.0 Å². The molecule has 0 atom stereocenters. The number of aromatic nitrogens is 3. The summed E-state index contributed by atoms with van der Waals surface area (Å²) in [6.45, 7) is 0. The second-order valence-electron chi connectivity index (χ2n) is 2.32. The molecule has 0 aliphatic rings. The van der Waals surface area contributed by atoms with Crippen LogP contribution in [0.3, 0.4) is 0 Å². The van der Waals surface area contributed by atoms with Crippen molar-refractivity contribution in [2.75, 3.05) is 0 Å². The predicted octanol–water partition coefficient (Wildman–Crippen LogP) is 2.14. The lowest BCUT2D eigenvalue weighted by atomic mass is 10.3. The van der Waals surface area contributed by atoms with E-state index >= 15 is 0 Å². The number of hydrogen-bond acceptors (Lipinski definition) is 2. The number of hydrogen-bond donors (Lipinski definition) is 0. The van der Waals surface area contributed by atoms with Gasteiger partial charge in [0.25, 0.3) is 0 Å². The van der Waals surface area contributed by atoms with Crippen LogP contribution in [0.4, 0.5) is 0 Å². The first-order valence-corrected chi connectivity index (χ1v) is 4.44. The summed E-state index contributed by atoms with van der Waals surface area (Å²) >= 11 is 2.15. The maximum atomic E-state index is 4.18. The molecule has 0 radical (unpaired) electrons. The highest BCUT2D eigenvalue weighted by molar-refractivity contribution is 14.1. The van der Waals surface area contributed by atoms with Crippen LogP contribution < -0.4 is 0 Å². The van der Waals surface area contributed by atoms with Crippen LogP contribution in [0.1, 0.15) is 0 Å². The summed E-state index contributed by atoms with van der Waals surface area (Å²) in [7, 11) is 0. The Hall–Kier alpha value is -0.910. The van der Waals surface area contributed by atoms with Gasteiger partial charge >= 0.3 is 0 Å². The molecule has 3 nitrogen and oxygen atoms in total. The Morgan fingerprint density at radius 2 is 2.08 bits per heavy atom. The van der Waals surface area contributed by atoms with Crippen LogP contribution in [0, 0.1) is 0 Å². The van der Waals surface area contributed by atoms with Gasteiger partial charge in [0.15, 0.2) is 0 Å². The molecule has 0 N–H and O–H groups in total. The van der Waals surface area contributed by atoms with Crippen LogP contribution in [0.2, 0.25) is 0 Å². The van der Waals surface area contributed by atoms with E-state index in [1.54, 1.807) is 12.5 Å². The number of rotatable bonds is 1. The second-order valence-corrected chi connectivity index (χ2v) is 3.43. The Bertz CT molecular complexity index is 369. The summed E-state index contributed by atoms with van der Waals surface area (Å²) in [4.78, 5) is 8.36. The fraction of sp³-hybridized carbons (Fsp3) is 0. The fourth-order valence-electron chi connectivity index (χ4n) is 0.947. The van der Waals surface area contributed by atoms with Gasteiger partial charge in [0.1, 0.15) is 12.0 Å². The Balaban J connectivity index is 2.45. The molecule has 12 heavy (non-hydrogen) atoms. The van der Waals surface area contributed by atoms with Gasteiger partial charge < -0.3 is 0 Å². The van der Waals surface area contributed by atoms with Crippen molar-refractivity contribution in [3.05, 3.63) is 36.9 Å². The fourth-order valence-corrected chi connectivity index (χ4v) is 1.34. The quantitative estimate of drug-likeness (QED) is 0.744. The van der Waals surface area contributed by atoms with Crippen molar-refractivity contribution in [2.24, 2.45) is 0 Å². The summed E-state index contributed by atoms with van der Waals surface area (Å²) in [5.74, 6) is 0. The first-order chi connectivity index (χ1) is 5.86. The number of halogens is 1.